The van der Waals surface area contributed by atoms with Gasteiger partial charge in [-0.1, -0.05) is 18.2 Å². The van der Waals surface area contributed by atoms with Crippen molar-refractivity contribution in [2.75, 3.05) is 19.7 Å². The largest absolute Gasteiger partial charge is 0.492 e. The monoisotopic (exact) mass is 380 g/mol. The minimum absolute atomic E-state index is 0.0126. The lowest BCUT2D eigenvalue weighted by Crippen LogP contribution is -2.30. The molecule has 0 saturated heterocycles. The molecule has 8 heteroatoms. The van der Waals surface area contributed by atoms with Crippen molar-refractivity contribution in [3.8, 4) is 5.75 Å². The molecule has 6 nitrogen and oxygen atoms in total. The highest BCUT2D eigenvalue weighted by molar-refractivity contribution is 7.89. The summed E-state index contributed by atoms with van der Waals surface area (Å²) in [6.07, 6.45) is 0.545. The molecule has 0 atom stereocenters. The number of hydrogen-bond acceptors (Lipinski definition) is 4. The molecule has 2 N–H and O–H groups in total. The molecule has 0 aliphatic rings. The van der Waals surface area contributed by atoms with Crippen molar-refractivity contribution in [1.29, 1.82) is 0 Å². The lowest BCUT2D eigenvalue weighted by Gasteiger charge is -2.08. The normalized spacial score (nSPS) is 11.1. The van der Waals surface area contributed by atoms with Crippen LogP contribution in [0.3, 0.4) is 0 Å². The summed E-state index contributed by atoms with van der Waals surface area (Å²) < 4.78 is 44.6. The first-order valence-corrected chi connectivity index (χ1v) is 9.65. The standard InChI is InChI=1S/C18H21FN2O4S/c19-15-8-10-17(11-9-15)26(23,24)21-12-4-7-18(22)20-13-14-25-16-5-2-1-3-6-16/h1-3,5-6,8-11,21H,4,7,12-14H2,(H,20,22). The molecule has 0 spiro atoms. The number of sulfonamides is 1. The number of para-hydroxylation sites is 1. The Hall–Kier alpha value is -2.45. The maximum atomic E-state index is 12.8. The number of benzene rings is 2. The number of rotatable bonds is 10. The van der Waals surface area contributed by atoms with Gasteiger partial charge in [-0.15, -0.1) is 0 Å². The summed E-state index contributed by atoms with van der Waals surface area (Å²) in [4.78, 5) is 11.7. The molecule has 0 heterocycles. The minimum Gasteiger partial charge on any atom is -0.492 e. The van der Waals surface area contributed by atoms with E-state index in [9.17, 15) is 17.6 Å². The number of amides is 1. The molecule has 0 fully saturated rings. The highest BCUT2D eigenvalue weighted by Crippen LogP contribution is 2.09. The SMILES string of the molecule is O=C(CCCNS(=O)(=O)c1ccc(F)cc1)NCCOc1ccccc1. The predicted molar refractivity (Wildman–Crippen MR) is 95.8 cm³/mol. The Bertz CT molecular complexity index is 796. The van der Waals surface area contributed by atoms with E-state index in [1.54, 1.807) is 0 Å². The zero-order valence-corrected chi connectivity index (χ0v) is 15.0. The molecule has 0 bridgehead atoms. The molecule has 2 aromatic rings. The summed E-state index contributed by atoms with van der Waals surface area (Å²) in [5.41, 5.74) is 0. The molecule has 0 saturated carbocycles. The van der Waals surface area contributed by atoms with Crippen molar-refractivity contribution in [2.45, 2.75) is 17.7 Å². The maximum absolute atomic E-state index is 12.8. The van der Waals surface area contributed by atoms with Gasteiger partial charge in [0, 0.05) is 13.0 Å². The van der Waals surface area contributed by atoms with E-state index in [-0.39, 0.29) is 23.8 Å². The Balaban J connectivity index is 1.60. The molecular weight excluding hydrogens is 359 g/mol. The highest BCUT2D eigenvalue weighted by atomic mass is 32.2. The Morgan fingerprint density at radius 3 is 2.38 bits per heavy atom. The number of halogens is 1. The zero-order chi connectivity index (χ0) is 18.8. The van der Waals surface area contributed by atoms with E-state index in [0.29, 0.717) is 19.6 Å². The molecule has 0 aliphatic carbocycles. The van der Waals surface area contributed by atoms with E-state index >= 15 is 0 Å². The molecule has 1 amide bonds. The van der Waals surface area contributed by atoms with Crippen LogP contribution in [0, 0.1) is 5.82 Å². The Morgan fingerprint density at radius 1 is 1.00 bits per heavy atom. The summed E-state index contributed by atoms with van der Waals surface area (Å²) >= 11 is 0. The number of carbonyl (C=O) groups is 1. The first-order valence-electron chi connectivity index (χ1n) is 8.17. The first-order chi connectivity index (χ1) is 12.5. The lowest BCUT2D eigenvalue weighted by molar-refractivity contribution is -0.121. The van der Waals surface area contributed by atoms with Gasteiger partial charge in [0.1, 0.15) is 18.2 Å². The second-order valence-corrected chi connectivity index (χ2v) is 7.23. The van der Waals surface area contributed by atoms with Crippen molar-refractivity contribution < 1.29 is 22.3 Å². The summed E-state index contributed by atoms with van der Waals surface area (Å²) in [7, 11) is -3.69. The highest BCUT2D eigenvalue weighted by Gasteiger charge is 2.13. The molecule has 0 aliphatic heterocycles. The zero-order valence-electron chi connectivity index (χ0n) is 14.2. The van der Waals surface area contributed by atoms with Crippen LogP contribution in [0.5, 0.6) is 5.75 Å². The van der Waals surface area contributed by atoms with Crippen LogP contribution in [-0.2, 0) is 14.8 Å². The van der Waals surface area contributed by atoms with Gasteiger partial charge in [0.2, 0.25) is 15.9 Å². The van der Waals surface area contributed by atoms with Crippen molar-refractivity contribution in [1.82, 2.24) is 10.0 Å². The van der Waals surface area contributed by atoms with Crippen LogP contribution < -0.4 is 14.8 Å². The van der Waals surface area contributed by atoms with Crippen LogP contribution in [0.15, 0.2) is 59.5 Å². The Labute approximate surface area is 152 Å². The van der Waals surface area contributed by atoms with Gasteiger partial charge in [0.05, 0.1) is 11.4 Å². The molecule has 2 rings (SSSR count). The number of hydrogen-bond donors (Lipinski definition) is 2. The molecular formula is C18H21FN2O4S. The van der Waals surface area contributed by atoms with Crippen molar-refractivity contribution in [3.63, 3.8) is 0 Å². The van der Waals surface area contributed by atoms with E-state index < -0.39 is 15.8 Å². The summed E-state index contributed by atoms with van der Waals surface area (Å²) in [6, 6.07) is 13.8. The molecule has 26 heavy (non-hydrogen) atoms. The van der Waals surface area contributed by atoms with Gasteiger partial charge in [-0.3, -0.25) is 4.79 Å². The number of nitrogens with one attached hydrogen (secondary N) is 2. The van der Waals surface area contributed by atoms with E-state index in [2.05, 4.69) is 10.0 Å². The topological polar surface area (TPSA) is 84.5 Å². The van der Waals surface area contributed by atoms with E-state index in [1.165, 1.54) is 12.1 Å². The smallest absolute Gasteiger partial charge is 0.240 e. The maximum Gasteiger partial charge on any atom is 0.240 e. The van der Waals surface area contributed by atoms with Crippen molar-refractivity contribution >= 4 is 15.9 Å². The van der Waals surface area contributed by atoms with Gasteiger partial charge in [-0.2, -0.15) is 0 Å². The van der Waals surface area contributed by atoms with E-state index in [4.69, 9.17) is 4.74 Å². The fourth-order valence-corrected chi connectivity index (χ4v) is 3.19. The predicted octanol–water partition coefficient (Wildman–Crippen LogP) is 2.08. The van der Waals surface area contributed by atoms with Crippen LogP contribution in [-0.4, -0.2) is 34.0 Å². The summed E-state index contributed by atoms with van der Waals surface area (Å²) in [5, 5.41) is 2.71. The lowest BCUT2D eigenvalue weighted by atomic mass is 10.3. The quantitative estimate of drug-likeness (QED) is 0.618. The van der Waals surface area contributed by atoms with Crippen LogP contribution in [0.2, 0.25) is 0 Å². The summed E-state index contributed by atoms with van der Waals surface area (Å²) in [6.45, 7) is 0.843. The second-order valence-electron chi connectivity index (χ2n) is 5.47. The first kappa shape index (κ1) is 19.9. The third kappa shape index (κ3) is 6.81. The van der Waals surface area contributed by atoms with Crippen LogP contribution in [0.1, 0.15) is 12.8 Å². The van der Waals surface area contributed by atoms with Gasteiger partial charge in [-0.05, 0) is 42.8 Å². The van der Waals surface area contributed by atoms with E-state index in [0.717, 1.165) is 17.9 Å². The molecule has 2 aromatic carbocycles. The Morgan fingerprint density at radius 2 is 1.69 bits per heavy atom. The van der Waals surface area contributed by atoms with Gasteiger partial charge in [0.25, 0.3) is 0 Å². The average molecular weight is 380 g/mol. The number of ether oxygens (including phenoxy) is 1. The third-order valence-electron chi connectivity index (χ3n) is 3.43. The minimum atomic E-state index is -3.69. The molecule has 0 aromatic heterocycles. The fourth-order valence-electron chi connectivity index (χ4n) is 2.12. The van der Waals surface area contributed by atoms with Gasteiger partial charge >= 0.3 is 0 Å². The third-order valence-corrected chi connectivity index (χ3v) is 4.91. The van der Waals surface area contributed by atoms with E-state index in [1.807, 2.05) is 30.3 Å². The van der Waals surface area contributed by atoms with Crippen LogP contribution >= 0.6 is 0 Å². The summed E-state index contributed by atoms with van der Waals surface area (Å²) in [5.74, 6) is 0.0523. The second kappa shape index (κ2) is 9.88. The average Bonchev–Trinajstić information content (AvgIpc) is 2.64. The molecule has 0 unspecified atom stereocenters. The fraction of sp³-hybridized carbons (Fsp3) is 0.278. The van der Waals surface area contributed by atoms with Crippen molar-refractivity contribution in [3.05, 3.63) is 60.4 Å². The van der Waals surface area contributed by atoms with Crippen molar-refractivity contribution in [2.24, 2.45) is 0 Å². The molecule has 140 valence electrons. The van der Waals surface area contributed by atoms with Gasteiger partial charge < -0.3 is 10.1 Å². The van der Waals surface area contributed by atoms with Gasteiger partial charge in [-0.25, -0.2) is 17.5 Å². The Kier molecular flexibility index (Phi) is 7.55. The van der Waals surface area contributed by atoms with Crippen LogP contribution in [0.25, 0.3) is 0 Å². The van der Waals surface area contributed by atoms with Crippen LogP contribution in [0.4, 0.5) is 4.39 Å². The van der Waals surface area contributed by atoms with Gasteiger partial charge in [0.15, 0.2) is 0 Å². The number of carbonyl (C=O) groups excluding carboxylic acids is 1. The molecule has 0 radical (unpaired) electrons.